The van der Waals surface area contributed by atoms with E-state index in [1.807, 2.05) is 0 Å². The molecule has 0 atom stereocenters. The van der Waals surface area contributed by atoms with Crippen molar-refractivity contribution in [2.24, 2.45) is 0 Å². The standard InChI is InChI=1S/C10H6FNS/c1-6-8-4-7(5-12)13-10(8)3-2-9(6)11/h2-4H,1H3. The molecular formula is C10H6FNS. The molecule has 13 heavy (non-hydrogen) atoms. The van der Waals surface area contributed by atoms with Crippen LogP contribution >= 0.6 is 11.3 Å². The Morgan fingerprint density at radius 3 is 2.92 bits per heavy atom. The molecule has 64 valence electrons. The van der Waals surface area contributed by atoms with Crippen LogP contribution in [0, 0.1) is 24.1 Å². The van der Waals surface area contributed by atoms with Gasteiger partial charge in [0.2, 0.25) is 0 Å². The largest absolute Gasteiger partial charge is 0.207 e. The predicted octanol–water partition coefficient (Wildman–Crippen LogP) is 3.22. The van der Waals surface area contributed by atoms with Gasteiger partial charge in [-0.15, -0.1) is 11.3 Å². The summed E-state index contributed by atoms with van der Waals surface area (Å²) in [6, 6.07) is 6.94. The number of thiophene rings is 1. The third kappa shape index (κ3) is 1.20. The van der Waals surface area contributed by atoms with E-state index in [0.29, 0.717) is 10.4 Å². The number of hydrogen-bond donors (Lipinski definition) is 0. The number of halogens is 1. The second-order valence-electron chi connectivity index (χ2n) is 2.81. The summed E-state index contributed by atoms with van der Waals surface area (Å²) in [4.78, 5) is 0.628. The van der Waals surface area contributed by atoms with E-state index in [1.165, 1.54) is 17.4 Å². The van der Waals surface area contributed by atoms with E-state index < -0.39 is 0 Å². The zero-order chi connectivity index (χ0) is 9.42. The van der Waals surface area contributed by atoms with Crippen LogP contribution in [0.25, 0.3) is 10.1 Å². The summed E-state index contributed by atoms with van der Waals surface area (Å²) in [6.07, 6.45) is 0. The second kappa shape index (κ2) is 2.82. The van der Waals surface area contributed by atoms with E-state index in [2.05, 4.69) is 6.07 Å². The number of nitriles is 1. The molecule has 2 rings (SSSR count). The van der Waals surface area contributed by atoms with E-state index in [9.17, 15) is 4.39 Å². The number of nitrogens with zero attached hydrogens (tertiary/aromatic N) is 1. The van der Waals surface area contributed by atoms with Crippen molar-refractivity contribution in [2.45, 2.75) is 6.92 Å². The van der Waals surface area contributed by atoms with Crippen LogP contribution in [-0.4, -0.2) is 0 Å². The molecule has 3 heteroatoms. The van der Waals surface area contributed by atoms with Crippen molar-refractivity contribution in [3.05, 3.63) is 34.5 Å². The number of fused-ring (bicyclic) bond motifs is 1. The van der Waals surface area contributed by atoms with Crippen molar-refractivity contribution >= 4 is 21.4 Å². The Balaban J connectivity index is 2.86. The number of rotatable bonds is 0. The number of aryl methyl sites for hydroxylation is 1. The highest BCUT2D eigenvalue weighted by molar-refractivity contribution is 7.19. The van der Waals surface area contributed by atoms with Gasteiger partial charge in [0.05, 0.1) is 0 Å². The van der Waals surface area contributed by atoms with Crippen molar-refractivity contribution in [1.82, 2.24) is 0 Å². The molecule has 0 amide bonds. The molecule has 1 aromatic heterocycles. The zero-order valence-corrected chi connectivity index (χ0v) is 7.78. The minimum absolute atomic E-state index is 0.213. The molecule has 0 spiro atoms. The van der Waals surface area contributed by atoms with Crippen LogP contribution in [0.4, 0.5) is 4.39 Å². The van der Waals surface area contributed by atoms with Gasteiger partial charge in [0, 0.05) is 4.70 Å². The first-order valence-corrected chi connectivity index (χ1v) is 4.63. The minimum Gasteiger partial charge on any atom is -0.207 e. The van der Waals surface area contributed by atoms with Gasteiger partial charge in [-0.05, 0) is 36.1 Å². The molecule has 2 aromatic rings. The summed E-state index contributed by atoms with van der Waals surface area (Å²) < 4.78 is 14.1. The number of benzene rings is 1. The van der Waals surface area contributed by atoms with E-state index >= 15 is 0 Å². The molecule has 1 nitrogen and oxygen atoms in total. The van der Waals surface area contributed by atoms with Gasteiger partial charge in [-0.2, -0.15) is 5.26 Å². The molecule has 0 aliphatic carbocycles. The first kappa shape index (κ1) is 8.21. The van der Waals surface area contributed by atoms with E-state index in [-0.39, 0.29) is 5.82 Å². The lowest BCUT2D eigenvalue weighted by atomic mass is 10.1. The van der Waals surface area contributed by atoms with E-state index in [1.54, 1.807) is 19.1 Å². The van der Waals surface area contributed by atoms with Crippen molar-refractivity contribution in [3.63, 3.8) is 0 Å². The van der Waals surface area contributed by atoms with Crippen LogP contribution in [0.1, 0.15) is 10.4 Å². The van der Waals surface area contributed by atoms with Gasteiger partial charge in [-0.25, -0.2) is 4.39 Å². The van der Waals surface area contributed by atoms with Gasteiger partial charge in [-0.1, -0.05) is 0 Å². The molecule has 0 fully saturated rings. The van der Waals surface area contributed by atoms with Gasteiger partial charge in [0.15, 0.2) is 0 Å². The Kier molecular flexibility index (Phi) is 1.78. The average molecular weight is 191 g/mol. The maximum Gasteiger partial charge on any atom is 0.126 e. The lowest BCUT2D eigenvalue weighted by Gasteiger charge is -1.95. The maximum atomic E-state index is 13.1. The second-order valence-corrected chi connectivity index (χ2v) is 3.89. The van der Waals surface area contributed by atoms with Gasteiger partial charge < -0.3 is 0 Å². The Morgan fingerprint density at radius 2 is 2.23 bits per heavy atom. The van der Waals surface area contributed by atoms with Crippen LogP contribution in [0.15, 0.2) is 18.2 Å². The Hall–Kier alpha value is -1.40. The lowest BCUT2D eigenvalue weighted by molar-refractivity contribution is 0.621. The molecule has 0 saturated heterocycles. The zero-order valence-electron chi connectivity index (χ0n) is 6.97. The van der Waals surface area contributed by atoms with Gasteiger partial charge in [-0.3, -0.25) is 0 Å². The van der Waals surface area contributed by atoms with Gasteiger partial charge in [0.1, 0.15) is 16.8 Å². The van der Waals surface area contributed by atoms with Crippen molar-refractivity contribution in [1.29, 1.82) is 5.26 Å². The summed E-state index contributed by atoms with van der Waals surface area (Å²) in [7, 11) is 0. The fourth-order valence-corrected chi connectivity index (χ4v) is 2.20. The third-order valence-electron chi connectivity index (χ3n) is 2.01. The molecule has 0 aliphatic heterocycles. The van der Waals surface area contributed by atoms with Crippen molar-refractivity contribution < 1.29 is 4.39 Å². The summed E-state index contributed by atoms with van der Waals surface area (Å²) in [6.45, 7) is 1.73. The van der Waals surface area contributed by atoms with Crippen molar-refractivity contribution in [2.75, 3.05) is 0 Å². The van der Waals surface area contributed by atoms with Gasteiger partial charge in [0.25, 0.3) is 0 Å². The summed E-state index contributed by atoms with van der Waals surface area (Å²) >= 11 is 1.39. The average Bonchev–Trinajstić information content (AvgIpc) is 2.55. The molecule has 0 unspecified atom stereocenters. The topological polar surface area (TPSA) is 23.8 Å². The maximum absolute atomic E-state index is 13.1. The fourth-order valence-electron chi connectivity index (χ4n) is 1.28. The quantitative estimate of drug-likeness (QED) is 0.627. The molecule has 0 bridgehead atoms. The third-order valence-corrected chi connectivity index (χ3v) is 3.02. The van der Waals surface area contributed by atoms with Crippen LogP contribution in [0.3, 0.4) is 0 Å². The normalized spacial score (nSPS) is 10.2. The highest BCUT2D eigenvalue weighted by Crippen LogP contribution is 2.28. The SMILES string of the molecule is Cc1c(F)ccc2sc(C#N)cc12. The fraction of sp³-hybridized carbons (Fsp3) is 0.100. The van der Waals surface area contributed by atoms with Gasteiger partial charge >= 0.3 is 0 Å². The first-order chi connectivity index (χ1) is 6.22. The molecular weight excluding hydrogens is 185 g/mol. The highest BCUT2D eigenvalue weighted by Gasteiger charge is 2.06. The lowest BCUT2D eigenvalue weighted by Crippen LogP contribution is -1.79. The van der Waals surface area contributed by atoms with Crippen LogP contribution in [0.5, 0.6) is 0 Å². The Bertz CT molecular complexity index is 507. The smallest absolute Gasteiger partial charge is 0.126 e. The number of hydrogen-bond acceptors (Lipinski definition) is 2. The van der Waals surface area contributed by atoms with Crippen LogP contribution < -0.4 is 0 Å². The molecule has 1 aromatic carbocycles. The summed E-state index contributed by atoms with van der Waals surface area (Å²) in [5, 5.41) is 9.51. The molecule has 0 saturated carbocycles. The molecule has 1 heterocycles. The Morgan fingerprint density at radius 1 is 1.46 bits per heavy atom. The molecule has 0 aliphatic rings. The molecule has 0 radical (unpaired) electrons. The summed E-state index contributed by atoms with van der Waals surface area (Å²) in [5.74, 6) is -0.213. The minimum atomic E-state index is -0.213. The van der Waals surface area contributed by atoms with Crippen LogP contribution in [0.2, 0.25) is 0 Å². The monoisotopic (exact) mass is 191 g/mol. The Labute approximate surface area is 79.0 Å². The predicted molar refractivity (Wildman–Crippen MR) is 51.2 cm³/mol. The molecule has 0 N–H and O–H groups in total. The van der Waals surface area contributed by atoms with Crippen LogP contribution in [-0.2, 0) is 0 Å². The van der Waals surface area contributed by atoms with E-state index in [0.717, 1.165) is 10.1 Å². The first-order valence-electron chi connectivity index (χ1n) is 3.81. The van der Waals surface area contributed by atoms with Crippen molar-refractivity contribution in [3.8, 4) is 6.07 Å². The summed E-state index contributed by atoms with van der Waals surface area (Å²) in [5.41, 5.74) is 0.621. The highest BCUT2D eigenvalue weighted by atomic mass is 32.1. The van der Waals surface area contributed by atoms with E-state index in [4.69, 9.17) is 5.26 Å².